The summed E-state index contributed by atoms with van der Waals surface area (Å²) in [4.78, 5) is 3.90. The van der Waals surface area contributed by atoms with Gasteiger partial charge in [0.1, 0.15) is 0 Å². The number of thiophene rings is 1. The minimum absolute atomic E-state index is 0.741. The lowest BCUT2D eigenvalue weighted by molar-refractivity contribution is 0.0422. The van der Waals surface area contributed by atoms with Crippen LogP contribution in [0.1, 0.15) is 17.7 Å². The Kier molecular flexibility index (Phi) is 6.85. The SMILES string of the molecule is CN(CCNCCc1cccs1)CC1CCCOC1. The molecule has 0 saturated carbocycles. The molecule has 0 spiro atoms. The first-order valence-electron chi connectivity index (χ1n) is 7.34. The molecule has 1 aromatic heterocycles. The van der Waals surface area contributed by atoms with Gasteiger partial charge >= 0.3 is 0 Å². The van der Waals surface area contributed by atoms with Gasteiger partial charge in [0.2, 0.25) is 0 Å². The molecule has 1 N–H and O–H groups in total. The third kappa shape index (κ3) is 6.04. The van der Waals surface area contributed by atoms with Gasteiger partial charge in [-0.25, -0.2) is 0 Å². The van der Waals surface area contributed by atoms with Crippen LogP contribution in [0.5, 0.6) is 0 Å². The lowest BCUT2D eigenvalue weighted by Crippen LogP contribution is -2.35. The van der Waals surface area contributed by atoms with Crippen molar-refractivity contribution in [2.75, 3.05) is 46.4 Å². The zero-order valence-corrected chi connectivity index (χ0v) is 12.8. The Labute approximate surface area is 121 Å². The first-order chi connectivity index (χ1) is 9.34. The van der Waals surface area contributed by atoms with Crippen molar-refractivity contribution in [3.05, 3.63) is 22.4 Å². The Morgan fingerprint density at radius 2 is 2.42 bits per heavy atom. The van der Waals surface area contributed by atoms with E-state index in [2.05, 4.69) is 34.8 Å². The first kappa shape index (κ1) is 15.0. The molecule has 108 valence electrons. The summed E-state index contributed by atoms with van der Waals surface area (Å²) < 4.78 is 5.53. The summed E-state index contributed by atoms with van der Waals surface area (Å²) in [6.45, 7) is 6.38. The van der Waals surface area contributed by atoms with Crippen LogP contribution in [0.25, 0.3) is 0 Å². The third-order valence-corrected chi connectivity index (χ3v) is 4.56. The molecule has 19 heavy (non-hydrogen) atoms. The predicted molar refractivity (Wildman–Crippen MR) is 81.9 cm³/mol. The van der Waals surface area contributed by atoms with E-state index in [-0.39, 0.29) is 0 Å². The molecule has 1 saturated heterocycles. The Morgan fingerprint density at radius 1 is 1.47 bits per heavy atom. The number of likely N-dealkylation sites (N-methyl/N-ethyl adjacent to an activating group) is 1. The highest BCUT2D eigenvalue weighted by atomic mass is 32.1. The van der Waals surface area contributed by atoms with Crippen LogP contribution in [0.4, 0.5) is 0 Å². The van der Waals surface area contributed by atoms with Crippen LogP contribution < -0.4 is 5.32 Å². The molecule has 1 aromatic rings. The van der Waals surface area contributed by atoms with Crippen LogP contribution in [-0.4, -0.2) is 51.3 Å². The monoisotopic (exact) mass is 282 g/mol. The van der Waals surface area contributed by atoms with Crippen LogP contribution in [0.3, 0.4) is 0 Å². The lowest BCUT2D eigenvalue weighted by Gasteiger charge is -2.27. The molecule has 0 bridgehead atoms. The zero-order valence-electron chi connectivity index (χ0n) is 11.9. The van der Waals surface area contributed by atoms with E-state index in [1.54, 1.807) is 0 Å². The standard InChI is InChI=1S/C15H26N2OS/c1-17(12-14-4-2-10-18-13-14)9-8-16-7-6-15-5-3-11-19-15/h3,5,11,14,16H,2,4,6-10,12-13H2,1H3. The molecule has 0 radical (unpaired) electrons. The smallest absolute Gasteiger partial charge is 0.0506 e. The van der Waals surface area contributed by atoms with Crippen molar-refractivity contribution in [3.63, 3.8) is 0 Å². The summed E-state index contributed by atoms with van der Waals surface area (Å²) in [6.07, 6.45) is 3.71. The molecule has 1 atom stereocenters. The van der Waals surface area contributed by atoms with E-state index in [0.29, 0.717) is 0 Å². The number of rotatable bonds is 8. The average Bonchev–Trinajstić information content (AvgIpc) is 2.92. The fourth-order valence-electron chi connectivity index (χ4n) is 2.54. The highest BCUT2D eigenvalue weighted by molar-refractivity contribution is 7.09. The Bertz CT molecular complexity index is 323. The van der Waals surface area contributed by atoms with Gasteiger partial charge in [-0.1, -0.05) is 6.07 Å². The summed E-state index contributed by atoms with van der Waals surface area (Å²) in [6, 6.07) is 4.33. The molecule has 0 aromatic carbocycles. The third-order valence-electron chi connectivity index (χ3n) is 3.62. The Morgan fingerprint density at radius 3 is 3.16 bits per heavy atom. The molecular formula is C15H26N2OS. The first-order valence-corrected chi connectivity index (χ1v) is 8.22. The second kappa shape index (κ2) is 8.69. The number of hydrogen-bond acceptors (Lipinski definition) is 4. The minimum atomic E-state index is 0.741. The van der Waals surface area contributed by atoms with Crippen molar-refractivity contribution in [2.24, 2.45) is 5.92 Å². The molecule has 0 amide bonds. The molecule has 2 rings (SSSR count). The van der Waals surface area contributed by atoms with E-state index >= 15 is 0 Å². The Hall–Kier alpha value is -0.420. The van der Waals surface area contributed by atoms with E-state index in [0.717, 1.165) is 45.2 Å². The van der Waals surface area contributed by atoms with Crippen LogP contribution in [0, 0.1) is 5.92 Å². The van der Waals surface area contributed by atoms with Crippen molar-refractivity contribution in [2.45, 2.75) is 19.3 Å². The summed E-state index contributed by atoms with van der Waals surface area (Å²) in [5, 5.41) is 5.67. The molecule has 0 aliphatic carbocycles. The van der Waals surface area contributed by atoms with Gasteiger partial charge in [-0.2, -0.15) is 0 Å². The van der Waals surface area contributed by atoms with E-state index in [1.807, 2.05) is 11.3 Å². The van der Waals surface area contributed by atoms with Crippen molar-refractivity contribution < 1.29 is 4.74 Å². The second-order valence-corrected chi connectivity index (χ2v) is 6.46. The number of nitrogens with zero attached hydrogens (tertiary/aromatic N) is 1. The molecule has 1 unspecified atom stereocenters. The molecule has 2 heterocycles. The van der Waals surface area contributed by atoms with Crippen LogP contribution >= 0.6 is 11.3 Å². The van der Waals surface area contributed by atoms with Crippen LogP contribution in [0.15, 0.2) is 17.5 Å². The molecular weight excluding hydrogens is 256 g/mol. The Balaban J connectivity index is 1.48. The van der Waals surface area contributed by atoms with Crippen molar-refractivity contribution >= 4 is 11.3 Å². The number of ether oxygens (including phenoxy) is 1. The highest BCUT2D eigenvalue weighted by Gasteiger charge is 2.15. The van der Waals surface area contributed by atoms with E-state index in [1.165, 1.54) is 24.3 Å². The maximum Gasteiger partial charge on any atom is 0.0506 e. The molecule has 4 heteroatoms. The molecule has 1 fully saturated rings. The van der Waals surface area contributed by atoms with Crippen LogP contribution in [0.2, 0.25) is 0 Å². The summed E-state index contributed by atoms with van der Waals surface area (Å²) in [7, 11) is 2.22. The van der Waals surface area contributed by atoms with Gasteiger partial charge in [-0.3, -0.25) is 0 Å². The zero-order chi connectivity index (χ0) is 13.3. The van der Waals surface area contributed by atoms with Crippen molar-refractivity contribution in [3.8, 4) is 0 Å². The fraction of sp³-hybridized carbons (Fsp3) is 0.733. The van der Waals surface area contributed by atoms with E-state index < -0.39 is 0 Å². The lowest BCUT2D eigenvalue weighted by atomic mass is 10.0. The normalized spacial score (nSPS) is 20.0. The summed E-state index contributed by atoms with van der Waals surface area (Å²) in [5.74, 6) is 0.741. The van der Waals surface area contributed by atoms with Gasteiger partial charge in [-0.15, -0.1) is 11.3 Å². The van der Waals surface area contributed by atoms with Gasteiger partial charge in [0.15, 0.2) is 0 Å². The largest absolute Gasteiger partial charge is 0.381 e. The van der Waals surface area contributed by atoms with E-state index in [9.17, 15) is 0 Å². The molecule has 1 aliphatic heterocycles. The average molecular weight is 282 g/mol. The predicted octanol–water partition coefficient (Wildman–Crippen LogP) is 2.24. The topological polar surface area (TPSA) is 24.5 Å². The maximum absolute atomic E-state index is 5.53. The van der Waals surface area contributed by atoms with E-state index in [4.69, 9.17) is 4.74 Å². The van der Waals surface area contributed by atoms with Gasteiger partial charge in [0, 0.05) is 37.7 Å². The van der Waals surface area contributed by atoms with Gasteiger partial charge < -0.3 is 15.0 Å². The summed E-state index contributed by atoms with van der Waals surface area (Å²) >= 11 is 1.85. The highest BCUT2D eigenvalue weighted by Crippen LogP contribution is 2.14. The quantitative estimate of drug-likeness (QED) is 0.740. The molecule has 3 nitrogen and oxygen atoms in total. The minimum Gasteiger partial charge on any atom is -0.381 e. The number of nitrogens with one attached hydrogen (secondary N) is 1. The van der Waals surface area contributed by atoms with Gasteiger partial charge in [0.25, 0.3) is 0 Å². The summed E-state index contributed by atoms with van der Waals surface area (Å²) in [5.41, 5.74) is 0. The second-order valence-electron chi connectivity index (χ2n) is 5.42. The van der Waals surface area contributed by atoms with Gasteiger partial charge in [-0.05, 0) is 43.7 Å². The number of hydrogen-bond donors (Lipinski definition) is 1. The maximum atomic E-state index is 5.53. The fourth-order valence-corrected chi connectivity index (χ4v) is 3.25. The van der Waals surface area contributed by atoms with Crippen molar-refractivity contribution in [1.29, 1.82) is 0 Å². The van der Waals surface area contributed by atoms with Gasteiger partial charge in [0.05, 0.1) is 6.61 Å². The van der Waals surface area contributed by atoms with Crippen LogP contribution in [-0.2, 0) is 11.2 Å². The van der Waals surface area contributed by atoms with Crippen molar-refractivity contribution in [1.82, 2.24) is 10.2 Å². The molecule has 1 aliphatic rings.